The van der Waals surface area contributed by atoms with E-state index < -0.39 is 18.0 Å². The van der Waals surface area contributed by atoms with Crippen LogP contribution in [0.15, 0.2) is 54.6 Å². The SMILES string of the molecule is O=C(O)[C@@H]1CN(C(=O)c2ccccc2OCCc2ccccc2)CC[C@@H]1O. The van der Waals surface area contributed by atoms with Crippen LogP contribution in [0.4, 0.5) is 0 Å². The first-order chi connectivity index (χ1) is 13.1. The van der Waals surface area contributed by atoms with Gasteiger partial charge < -0.3 is 19.8 Å². The summed E-state index contributed by atoms with van der Waals surface area (Å²) in [6.07, 6.45) is 0.0454. The van der Waals surface area contributed by atoms with Crippen molar-refractivity contribution < 1.29 is 24.5 Å². The van der Waals surface area contributed by atoms with Gasteiger partial charge in [0.2, 0.25) is 0 Å². The van der Waals surface area contributed by atoms with Gasteiger partial charge in [0.15, 0.2) is 0 Å². The molecule has 6 nitrogen and oxygen atoms in total. The summed E-state index contributed by atoms with van der Waals surface area (Å²) < 4.78 is 5.84. The third-order valence-corrected chi connectivity index (χ3v) is 4.79. The topological polar surface area (TPSA) is 87.1 Å². The van der Waals surface area contributed by atoms with E-state index in [1.807, 2.05) is 30.3 Å². The van der Waals surface area contributed by atoms with Gasteiger partial charge in [0.25, 0.3) is 5.91 Å². The number of likely N-dealkylation sites (tertiary alicyclic amines) is 1. The van der Waals surface area contributed by atoms with E-state index in [4.69, 9.17) is 4.74 Å². The van der Waals surface area contributed by atoms with Crippen LogP contribution >= 0.6 is 0 Å². The minimum absolute atomic E-state index is 0.00627. The van der Waals surface area contributed by atoms with Gasteiger partial charge in [0, 0.05) is 19.5 Å². The molecule has 0 bridgehead atoms. The fraction of sp³-hybridized carbons (Fsp3) is 0.333. The number of carbonyl (C=O) groups excluding carboxylic acids is 1. The molecule has 6 heteroatoms. The molecule has 0 aliphatic carbocycles. The van der Waals surface area contributed by atoms with Crippen molar-refractivity contribution in [3.63, 3.8) is 0 Å². The summed E-state index contributed by atoms with van der Waals surface area (Å²) in [6, 6.07) is 16.9. The summed E-state index contributed by atoms with van der Waals surface area (Å²) in [4.78, 5) is 25.7. The molecule has 2 aromatic rings. The molecular weight excluding hydrogens is 346 g/mol. The molecule has 0 spiro atoms. The Bertz CT molecular complexity index is 792. The van der Waals surface area contributed by atoms with Gasteiger partial charge in [-0.25, -0.2) is 0 Å². The summed E-state index contributed by atoms with van der Waals surface area (Å²) in [7, 11) is 0. The standard InChI is InChI=1S/C21H23NO5/c23-18-10-12-22(14-17(18)21(25)26)20(24)16-8-4-5-9-19(16)27-13-11-15-6-2-1-3-7-15/h1-9,17-18,23H,10-14H2,(H,25,26)/t17-,18+/m1/s1. The zero-order valence-electron chi connectivity index (χ0n) is 15.0. The minimum Gasteiger partial charge on any atom is -0.492 e. The van der Waals surface area contributed by atoms with Crippen LogP contribution in [0.2, 0.25) is 0 Å². The quantitative estimate of drug-likeness (QED) is 0.815. The highest BCUT2D eigenvalue weighted by Gasteiger charge is 2.35. The van der Waals surface area contributed by atoms with E-state index in [1.165, 1.54) is 4.90 Å². The Morgan fingerprint density at radius 3 is 2.52 bits per heavy atom. The number of rotatable bonds is 6. The first kappa shape index (κ1) is 18.9. The van der Waals surface area contributed by atoms with Gasteiger partial charge in [-0.1, -0.05) is 42.5 Å². The third-order valence-electron chi connectivity index (χ3n) is 4.79. The predicted molar refractivity (Wildman–Crippen MR) is 99.7 cm³/mol. The molecule has 2 atom stereocenters. The van der Waals surface area contributed by atoms with Crippen LogP contribution < -0.4 is 4.74 Å². The summed E-state index contributed by atoms with van der Waals surface area (Å²) in [6.45, 7) is 0.751. The average molecular weight is 369 g/mol. The monoisotopic (exact) mass is 369 g/mol. The number of carboxylic acids is 1. The minimum atomic E-state index is -1.09. The molecule has 1 saturated heterocycles. The number of piperidine rings is 1. The van der Waals surface area contributed by atoms with Crippen LogP contribution in [0.25, 0.3) is 0 Å². The van der Waals surface area contributed by atoms with Gasteiger partial charge >= 0.3 is 5.97 Å². The normalized spacial score (nSPS) is 19.5. The van der Waals surface area contributed by atoms with Crippen LogP contribution in [0.3, 0.4) is 0 Å². The summed E-state index contributed by atoms with van der Waals surface area (Å²) in [5.74, 6) is -1.85. The number of amides is 1. The second-order valence-corrected chi connectivity index (χ2v) is 6.63. The van der Waals surface area contributed by atoms with E-state index in [9.17, 15) is 19.8 Å². The molecule has 142 valence electrons. The number of aliphatic hydroxyl groups is 1. The lowest BCUT2D eigenvalue weighted by Gasteiger charge is -2.34. The van der Waals surface area contributed by atoms with Crippen LogP contribution in [-0.2, 0) is 11.2 Å². The maximum atomic E-state index is 12.9. The number of hydrogen-bond acceptors (Lipinski definition) is 4. The van der Waals surface area contributed by atoms with Crippen molar-refractivity contribution >= 4 is 11.9 Å². The van der Waals surface area contributed by atoms with E-state index >= 15 is 0 Å². The molecule has 0 unspecified atom stereocenters. The predicted octanol–water partition coefficient (Wildman–Crippen LogP) is 2.22. The summed E-state index contributed by atoms with van der Waals surface area (Å²) in [5, 5.41) is 19.1. The third kappa shape index (κ3) is 4.65. The Morgan fingerprint density at radius 2 is 1.78 bits per heavy atom. The number of benzene rings is 2. The number of aliphatic carboxylic acids is 1. The lowest BCUT2D eigenvalue weighted by molar-refractivity contribution is -0.148. The molecule has 1 amide bonds. The van der Waals surface area contributed by atoms with Gasteiger partial charge in [0.1, 0.15) is 11.7 Å². The van der Waals surface area contributed by atoms with Gasteiger partial charge in [-0.3, -0.25) is 9.59 Å². The fourth-order valence-corrected chi connectivity index (χ4v) is 3.23. The smallest absolute Gasteiger partial charge is 0.310 e. The van der Waals surface area contributed by atoms with Crippen molar-refractivity contribution in [1.29, 1.82) is 0 Å². The van der Waals surface area contributed by atoms with Crippen molar-refractivity contribution in [2.45, 2.75) is 18.9 Å². The van der Waals surface area contributed by atoms with Crippen LogP contribution in [0, 0.1) is 5.92 Å². The van der Waals surface area contributed by atoms with Crippen LogP contribution in [0.1, 0.15) is 22.3 Å². The highest BCUT2D eigenvalue weighted by molar-refractivity contribution is 5.97. The molecule has 1 aliphatic heterocycles. The number of hydrogen-bond donors (Lipinski definition) is 2. The summed E-state index contributed by atoms with van der Waals surface area (Å²) >= 11 is 0. The molecule has 2 N–H and O–H groups in total. The number of nitrogens with zero attached hydrogens (tertiary/aromatic N) is 1. The first-order valence-corrected chi connectivity index (χ1v) is 9.02. The first-order valence-electron chi connectivity index (χ1n) is 9.02. The molecular formula is C21H23NO5. The Kier molecular flexibility index (Phi) is 6.08. The van der Waals surface area contributed by atoms with E-state index in [1.54, 1.807) is 24.3 Å². The Balaban J connectivity index is 1.67. The van der Waals surface area contributed by atoms with Crippen molar-refractivity contribution in [3.05, 3.63) is 65.7 Å². The Morgan fingerprint density at radius 1 is 1.07 bits per heavy atom. The molecule has 2 aromatic carbocycles. The largest absolute Gasteiger partial charge is 0.492 e. The number of para-hydroxylation sites is 1. The van der Waals surface area contributed by atoms with E-state index in [2.05, 4.69) is 0 Å². The Hall–Kier alpha value is -2.86. The molecule has 0 radical (unpaired) electrons. The van der Waals surface area contributed by atoms with Crippen molar-refractivity contribution in [1.82, 2.24) is 4.90 Å². The average Bonchev–Trinajstić information content (AvgIpc) is 2.69. The van der Waals surface area contributed by atoms with Crippen molar-refractivity contribution in [2.24, 2.45) is 5.92 Å². The maximum absolute atomic E-state index is 12.9. The number of ether oxygens (including phenoxy) is 1. The fourth-order valence-electron chi connectivity index (χ4n) is 3.23. The highest BCUT2D eigenvalue weighted by atomic mass is 16.5. The zero-order chi connectivity index (χ0) is 19.2. The molecule has 27 heavy (non-hydrogen) atoms. The van der Waals surface area contributed by atoms with Crippen molar-refractivity contribution in [3.8, 4) is 5.75 Å². The van der Waals surface area contributed by atoms with Crippen LogP contribution in [-0.4, -0.2) is 52.8 Å². The highest BCUT2D eigenvalue weighted by Crippen LogP contribution is 2.24. The van der Waals surface area contributed by atoms with Crippen molar-refractivity contribution in [2.75, 3.05) is 19.7 Å². The lowest BCUT2D eigenvalue weighted by atomic mass is 9.94. The molecule has 0 aromatic heterocycles. The van der Waals surface area contributed by atoms with E-state index in [0.717, 1.165) is 12.0 Å². The zero-order valence-corrected chi connectivity index (χ0v) is 15.0. The van der Waals surface area contributed by atoms with Crippen LogP contribution in [0.5, 0.6) is 5.75 Å². The lowest BCUT2D eigenvalue weighted by Crippen LogP contribution is -2.48. The molecule has 3 rings (SSSR count). The van der Waals surface area contributed by atoms with E-state index in [-0.39, 0.29) is 18.9 Å². The number of aliphatic hydroxyl groups excluding tert-OH is 1. The second-order valence-electron chi connectivity index (χ2n) is 6.63. The van der Waals surface area contributed by atoms with Gasteiger partial charge in [-0.05, 0) is 24.1 Å². The molecule has 1 fully saturated rings. The Labute approximate surface area is 158 Å². The molecule has 1 aliphatic rings. The maximum Gasteiger partial charge on any atom is 0.310 e. The summed E-state index contributed by atoms with van der Waals surface area (Å²) in [5.41, 5.74) is 1.56. The second kappa shape index (κ2) is 8.68. The number of carboxylic acid groups (broad SMARTS) is 1. The van der Waals surface area contributed by atoms with Gasteiger partial charge in [-0.15, -0.1) is 0 Å². The number of carbonyl (C=O) groups is 2. The molecule has 1 heterocycles. The van der Waals surface area contributed by atoms with Gasteiger partial charge in [-0.2, -0.15) is 0 Å². The van der Waals surface area contributed by atoms with Gasteiger partial charge in [0.05, 0.1) is 18.3 Å². The molecule has 0 saturated carbocycles. The van der Waals surface area contributed by atoms with E-state index in [0.29, 0.717) is 24.5 Å².